The van der Waals surface area contributed by atoms with Crippen molar-refractivity contribution in [2.75, 3.05) is 19.5 Å². The summed E-state index contributed by atoms with van der Waals surface area (Å²) >= 11 is 5.37. The van der Waals surface area contributed by atoms with Gasteiger partial charge in [-0.1, -0.05) is 12.1 Å². The molecule has 0 bridgehead atoms. The minimum absolute atomic E-state index is 0.170. The van der Waals surface area contributed by atoms with Crippen LogP contribution in [0, 0.1) is 13.8 Å². The number of aryl methyl sites for hydroxylation is 2. The third-order valence-electron chi connectivity index (χ3n) is 5.15. The van der Waals surface area contributed by atoms with Gasteiger partial charge in [0.15, 0.2) is 22.2 Å². The fourth-order valence-electron chi connectivity index (χ4n) is 3.36. The molecule has 0 saturated heterocycles. The molecule has 0 aliphatic rings. The number of nitrogens with zero attached hydrogens (tertiary/aromatic N) is 1. The van der Waals surface area contributed by atoms with Crippen LogP contribution >= 0.6 is 12.2 Å². The Morgan fingerprint density at radius 1 is 0.970 bits per heavy atom. The fourth-order valence-corrected chi connectivity index (χ4v) is 3.56. The number of benzene rings is 3. The van der Waals surface area contributed by atoms with Gasteiger partial charge >= 0.3 is 0 Å². The second-order valence-electron chi connectivity index (χ2n) is 7.50. The minimum Gasteiger partial charge on any atom is -0.493 e. The van der Waals surface area contributed by atoms with Gasteiger partial charge in [-0.3, -0.25) is 10.1 Å². The first-order valence-corrected chi connectivity index (χ1v) is 10.6. The Hall–Kier alpha value is -3.91. The van der Waals surface area contributed by atoms with Crippen LogP contribution < -0.4 is 20.1 Å². The van der Waals surface area contributed by atoms with Crippen LogP contribution in [0.15, 0.2) is 59.0 Å². The molecule has 0 fully saturated rings. The van der Waals surface area contributed by atoms with E-state index in [0.717, 1.165) is 33.5 Å². The van der Waals surface area contributed by atoms with Crippen molar-refractivity contribution in [1.82, 2.24) is 10.3 Å². The molecular weight excluding hydrogens is 438 g/mol. The molecule has 33 heavy (non-hydrogen) atoms. The topological polar surface area (TPSA) is 85.6 Å². The maximum Gasteiger partial charge on any atom is 0.257 e. The maximum absolute atomic E-state index is 12.7. The molecule has 3 aromatic carbocycles. The molecule has 7 nitrogen and oxygen atoms in total. The largest absolute Gasteiger partial charge is 0.493 e. The Morgan fingerprint density at radius 2 is 1.76 bits per heavy atom. The number of rotatable bonds is 5. The van der Waals surface area contributed by atoms with Crippen LogP contribution in [0.3, 0.4) is 0 Å². The van der Waals surface area contributed by atoms with Crippen molar-refractivity contribution < 1.29 is 18.7 Å². The van der Waals surface area contributed by atoms with E-state index in [9.17, 15) is 4.79 Å². The lowest BCUT2D eigenvalue weighted by Crippen LogP contribution is -2.34. The number of hydrogen-bond acceptors (Lipinski definition) is 6. The number of oxazole rings is 1. The first kappa shape index (κ1) is 22.3. The summed E-state index contributed by atoms with van der Waals surface area (Å²) in [6.45, 7) is 3.96. The Kier molecular flexibility index (Phi) is 6.28. The molecule has 2 N–H and O–H groups in total. The normalized spacial score (nSPS) is 10.7. The number of amides is 1. The molecular formula is C25H23N3O4S. The second kappa shape index (κ2) is 9.30. The zero-order chi connectivity index (χ0) is 23.5. The molecule has 168 valence electrons. The summed E-state index contributed by atoms with van der Waals surface area (Å²) in [5, 5.41) is 5.95. The smallest absolute Gasteiger partial charge is 0.257 e. The summed E-state index contributed by atoms with van der Waals surface area (Å²) in [5.74, 6) is 1.15. The van der Waals surface area contributed by atoms with Gasteiger partial charge in [0.25, 0.3) is 5.91 Å². The molecule has 8 heteroatoms. The molecule has 0 radical (unpaired) electrons. The Bertz CT molecular complexity index is 1360. The lowest BCUT2D eigenvalue weighted by molar-refractivity contribution is 0.0977. The van der Waals surface area contributed by atoms with Crippen LogP contribution in [0.5, 0.6) is 11.5 Å². The fraction of sp³-hybridized carbons (Fsp3) is 0.160. The highest BCUT2D eigenvalue weighted by Gasteiger charge is 2.14. The van der Waals surface area contributed by atoms with Crippen molar-refractivity contribution in [3.05, 3.63) is 71.3 Å². The molecule has 0 aliphatic heterocycles. The molecule has 0 aliphatic carbocycles. The molecule has 4 rings (SSSR count). The molecule has 0 spiro atoms. The van der Waals surface area contributed by atoms with E-state index in [1.807, 2.05) is 50.2 Å². The number of hydrogen-bond donors (Lipinski definition) is 2. The van der Waals surface area contributed by atoms with Gasteiger partial charge in [0, 0.05) is 16.8 Å². The second-order valence-corrected chi connectivity index (χ2v) is 7.91. The number of aromatic nitrogens is 1. The first-order chi connectivity index (χ1) is 15.9. The molecule has 0 saturated carbocycles. The van der Waals surface area contributed by atoms with E-state index in [1.165, 1.54) is 14.2 Å². The van der Waals surface area contributed by atoms with Crippen LogP contribution in [-0.2, 0) is 0 Å². The van der Waals surface area contributed by atoms with Crippen LogP contribution in [0.4, 0.5) is 5.69 Å². The zero-order valence-corrected chi connectivity index (χ0v) is 19.5. The van der Waals surface area contributed by atoms with Gasteiger partial charge in [0.1, 0.15) is 5.52 Å². The zero-order valence-electron chi connectivity index (χ0n) is 18.7. The van der Waals surface area contributed by atoms with Crippen LogP contribution in [0.1, 0.15) is 21.5 Å². The third kappa shape index (κ3) is 4.80. The van der Waals surface area contributed by atoms with E-state index in [4.69, 9.17) is 26.1 Å². The molecule has 0 atom stereocenters. The van der Waals surface area contributed by atoms with E-state index in [1.54, 1.807) is 18.2 Å². The SMILES string of the molecule is COc1ccc(C(=O)NC(=S)Nc2cc(-c3nc4cc(C)ccc4o3)ccc2C)cc1OC. The Balaban J connectivity index is 1.51. The van der Waals surface area contributed by atoms with Gasteiger partial charge in [-0.15, -0.1) is 0 Å². The number of carbonyl (C=O) groups excluding carboxylic acids is 1. The predicted octanol–water partition coefficient (Wildman–Crippen LogP) is 5.26. The maximum atomic E-state index is 12.7. The van der Waals surface area contributed by atoms with Gasteiger partial charge in [-0.2, -0.15) is 0 Å². The van der Waals surface area contributed by atoms with Crippen molar-refractivity contribution in [2.24, 2.45) is 0 Å². The summed E-state index contributed by atoms with van der Waals surface area (Å²) in [5.41, 5.74) is 5.53. The molecule has 1 amide bonds. The number of fused-ring (bicyclic) bond motifs is 1. The molecule has 0 unspecified atom stereocenters. The van der Waals surface area contributed by atoms with E-state index >= 15 is 0 Å². The quantitative estimate of drug-likeness (QED) is 0.392. The molecule has 4 aromatic rings. The number of anilines is 1. The highest BCUT2D eigenvalue weighted by Crippen LogP contribution is 2.29. The average molecular weight is 462 g/mol. The van der Waals surface area contributed by atoms with E-state index < -0.39 is 0 Å². The van der Waals surface area contributed by atoms with Gasteiger partial charge < -0.3 is 19.2 Å². The van der Waals surface area contributed by atoms with Gasteiger partial charge in [0.2, 0.25) is 5.89 Å². The van der Waals surface area contributed by atoms with E-state index in [2.05, 4.69) is 15.6 Å². The Labute approximate surface area is 196 Å². The molecule has 1 aromatic heterocycles. The van der Waals surface area contributed by atoms with Crippen molar-refractivity contribution in [2.45, 2.75) is 13.8 Å². The van der Waals surface area contributed by atoms with E-state index in [-0.39, 0.29) is 11.0 Å². The lowest BCUT2D eigenvalue weighted by Gasteiger charge is -2.13. The van der Waals surface area contributed by atoms with Crippen LogP contribution in [0.2, 0.25) is 0 Å². The van der Waals surface area contributed by atoms with Crippen molar-refractivity contribution >= 4 is 40.0 Å². The molecule has 1 heterocycles. The van der Waals surface area contributed by atoms with Crippen LogP contribution in [0.25, 0.3) is 22.6 Å². The number of methoxy groups -OCH3 is 2. The predicted molar refractivity (Wildman–Crippen MR) is 132 cm³/mol. The average Bonchev–Trinajstić information content (AvgIpc) is 3.23. The van der Waals surface area contributed by atoms with Gasteiger partial charge in [0.05, 0.1) is 14.2 Å². The minimum atomic E-state index is -0.364. The van der Waals surface area contributed by atoms with Crippen molar-refractivity contribution in [3.63, 3.8) is 0 Å². The van der Waals surface area contributed by atoms with E-state index in [0.29, 0.717) is 23.0 Å². The number of nitrogens with one attached hydrogen (secondary N) is 2. The first-order valence-electron chi connectivity index (χ1n) is 10.2. The summed E-state index contributed by atoms with van der Waals surface area (Å²) < 4.78 is 16.4. The summed E-state index contributed by atoms with van der Waals surface area (Å²) in [7, 11) is 3.05. The summed E-state index contributed by atoms with van der Waals surface area (Å²) in [6.07, 6.45) is 0. The summed E-state index contributed by atoms with van der Waals surface area (Å²) in [6, 6.07) is 16.5. The number of ether oxygens (including phenoxy) is 2. The monoisotopic (exact) mass is 461 g/mol. The number of carbonyl (C=O) groups is 1. The van der Waals surface area contributed by atoms with Crippen molar-refractivity contribution in [1.29, 1.82) is 0 Å². The van der Waals surface area contributed by atoms with Gasteiger partial charge in [-0.25, -0.2) is 4.98 Å². The number of thiocarbonyl (C=S) groups is 1. The van der Waals surface area contributed by atoms with Crippen LogP contribution in [-0.4, -0.2) is 30.2 Å². The lowest BCUT2D eigenvalue weighted by atomic mass is 10.1. The highest BCUT2D eigenvalue weighted by atomic mass is 32.1. The van der Waals surface area contributed by atoms with Crippen molar-refractivity contribution in [3.8, 4) is 23.0 Å². The highest BCUT2D eigenvalue weighted by molar-refractivity contribution is 7.80. The third-order valence-corrected chi connectivity index (χ3v) is 5.35. The summed E-state index contributed by atoms with van der Waals surface area (Å²) in [4.78, 5) is 17.2. The standard InChI is InChI=1S/C25H23N3O4S/c1-14-5-9-20-19(11-14)26-24(32-20)17-7-6-15(2)18(12-17)27-25(33)28-23(29)16-8-10-21(30-3)22(13-16)31-4/h5-13H,1-4H3,(H2,27,28,29,33). The van der Waals surface area contributed by atoms with Gasteiger partial charge in [-0.05, 0) is 79.7 Å². The Morgan fingerprint density at radius 3 is 2.52 bits per heavy atom.